The van der Waals surface area contributed by atoms with Crippen molar-refractivity contribution in [1.29, 1.82) is 0 Å². The van der Waals surface area contributed by atoms with E-state index in [0.29, 0.717) is 0 Å². The number of amides is 1. The van der Waals surface area contributed by atoms with Crippen molar-refractivity contribution >= 4 is 28.6 Å². The SMILES string of the molecule is CN(C)CCn1ccc2ccc(NC(=O)C=Cc3cnc[nH]3)cc21. The predicted octanol–water partition coefficient (Wildman–Crippen LogP) is 2.58. The fraction of sp³-hybridized carbons (Fsp3) is 0.222. The van der Waals surface area contributed by atoms with Gasteiger partial charge in [0.05, 0.1) is 23.7 Å². The molecule has 0 radical (unpaired) electrons. The van der Waals surface area contributed by atoms with E-state index in [4.69, 9.17) is 0 Å². The molecule has 3 rings (SSSR count). The summed E-state index contributed by atoms with van der Waals surface area (Å²) in [5.74, 6) is -0.171. The van der Waals surface area contributed by atoms with Crippen LogP contribution in [0.25, 0.3) is 17.0 Å². The normalized spacial score (nSPS) is 11.6. The Balaban J connectivity index is 1.72. The highest BCUT2D eigenvalue weighted by Gasteiger charge is 2.04. The Morgan fingerprint density at radius 3 is 3.00 bits per heavy atom. The maximum absolute atomic E-state index is 12.0. The molecule has 1 aromatic carbocycles. The lowest BCUT2D eigenvalue weighted by molar-refractivity contribution is -0.111. The Labute approximate surface area is 140 Å². The van der Waals surface area contributed by atoms with Crippen LogP contribution in [0.5, 0.6) is 0 Å². The number of H-pyrrole nitrogens is 1. The first-order chi connectivity index (χ1) is 11.6. The van der Waals surface area contributed by atoms with Crippen molar-refractivity contribution in [2.45, 2.75) is 6.54 Å². The third-order valence-corrected chi connectivity index (χ3v) is 3.76. The van der Waals surface area contributed by atoms with Gasteiger partial charge in [-0.25, -0.2) is 4.98 Å². The minimum absolute atomic E-state index is 0.171. The molecule has 0 aliphatic rings. The van der Waals surface area contributed by atoms with E-state index in [9.17, 15) is 4.79 Å². The van der Waals surface area contributed by atoms with E-state index in [1.165, 1.54) is 11.5 Å². The predicted molar refractivity (Wildman–Crippen MR) is 96.7 cm³/mol. The third kappa shape index (κ3) is 3.91. The number of aromatic nitrogens is 3. The van der Waals surface area contributed by atoms with Crippen molar-refractivity contribution in [3.8, 4) is 0 Å². The molecule has 124 valence electrons. The van der Waals surface area contributed by atoms with Crippen LogP contribution < -0.4 is 5.32 Å². The van der Waals surface area contributed by atoms with Crippen LogP contribution in [0.15, 0.2) is 49.1 Å². The van der Waals surface area contributed by atoms with E-state index in [2.05, 4.69) is 51.1 Å². The van der Waals surface area contributed by atoms with Crippen LogP contribution in [-0.4, -0.2) is 46.0 Å². The van der Waals surface area contributed by atoms with Crippen LogP contribution in [0.4, 0.5) is 5.69 Å². The summed E-state index contributed by atoms with van der Waals surface area (Å²) in [5.41, 5.74) is 2.69. The number of nitrogens with zero attached hydrogens (tertiary/aromatic N) is 3. The van der Waals surface area contributed by atoms with Gasteiger partial charge in [-0.3, -0.25) is 4.79 Å². The van der Waals surface area contributed by atoms with Gasteiger partial charge in [0, 0.05) is 31.0 Å². The summed E-state index contributed by atoms with van der Waals surface area (Å²) in [7, 11) is 4.12. The van der Waals surface area contributed by atoms with Crippen LogP contribution in [0, 0.1) is 0 Å². The second-order valence-corrected chi connectivity index (χ2v) is 5.92. The standard InChI is InChI=1S/C18H21N5O/c1-22(2)9-10-23-8-7-14-3-4-15(11-17(14)23)21-18(24)6-5-16-12-19-13-20-16/h3-8,11-13H,9-10H2,1-2H3,(H,19,20)(H,21,24). The second-order valence-electron chi connectivity index (χ2n) is 5.92. The topological polar surface area (TPSA) is 65.9 Å². The smallest absolute Gasteiger partial charge is 0.248 e. The molecule has 6 nitrogen and oxygen atoms in total. The Morgan fingerprint density at radius 1 is 1.38 bits per heavy atom. The van der Waals surface area contributed by atoms with Crippen molar-refractivity contribution in [2.24, 2.45) is 0 Å². The molecular formula is C18H21N5O. The Morgan fingerprint density at radius 2 is 2.25 bits per heavy atom. The lowest BCUT2D eigenvalue weighted by Gasteiger charge is -2.11. The van der Waals surface area contributed by atoms with E-state index >= 15 is 0 Å². The van der Waals surface area contributed by atoms with Gasteiger partial charge in [0.2, 0.25) is 5.91 Å². The van der Waals surface area contributed by atoms with Crippen molar-refractivity contribution in [1.82, 2.24) is 19.4 Å². The van der Waals surface area contributed by atoms with Crippen molar-refractivity contribution in [3.63, 3.8) is 0 Å². The van der Waals surface area contributed by atoms with Crippen LogP contribution in [0.2, 0.25) is 0 Å². The molecule has 0 saturated carbocycles. The number of benzene rings is 1. The molecule has 1 amide bonds. The van der Waals surface area contributed by atoms with Crippen LogP contribution in [0.1, 0.15) is 5.69 Å². The van der Waals surface area contributed by atoms with Gasteiger partial charge < -0.3 is 19.8 Å². The first kappa shape index (κ1) is 16.0. The average Bonchev–Trinajstić information content (AvgIpc) is 3.20. The van der Waals surface area contributed by atoms with Gasteiger partial charge in [-0.1, -0.05) is 6.07 Å². The van der Waals surface area contributed by atoms with Gasteiger partial charge in [0.1, 0.15) is 0 Å². The van der Waals surface area contributed by atoms with Gasteiger partial charge in [-0.15, -0.1) is 0 Å². The Bertz CT molecular complexity index is 846. The molecule has 0 unspecified atom stereocenters. The molecule has 0 aliphatic carbocycles. The van der Waals surface area contributed by atoms with E-state index in [1.807, 2.05) is 18.2 Å². The van der Waals surface area contributed by atoms with E-state index in [0.717, 1.165) is 30.0 Å². The number of rotatable bonds is 6. The molecule has 0 saturated heterocycles. The third-order valence-electron chi connectivity index (χ3n) is 3.76. The lowest BCUT2D eigenvalue weighted by atomic mass is 10.2. The van der Waals surface area contributed by atoms with Crippen molar-refractivity contribution < 1.29 is 4.79 Å². The monoisotopic (exact) mass is 323 g/mol. The van der Waals surface area contributed by atoms with Gasteiger partial charge in [-0.2, -0.15) is 0 Å². The maximum atomic E-state index is 12.0. The number of anilines is 1. The highest BCUT2D eigenvalue weighted by atomic mass is 16.1. The van der Waals surface area contributed by atoms with Crippen LogP contribution >= 0.6 is 0 Å². The minimum Gasteiger partial charge on any atom is -0.346 e. The molecule has 0 aliphatic heterocycles. The summed E-state index contributed by atoms with van der Waals surface area (Å²) < 4.78 is 2.20. The maximum Gasteiger partial charge on any atom is 0.248 e. The number of fused-ring (bicyclic) bond motifs is 1. The summed E-state index contributed by atoms with van der Waals surface area (Å²) in [6.45, 7) is 1.88. The summed E-state index contributed by atoms with van der Waals surface area (Å²) in [6.07, 6.45) is 8.50. The number of carbonyl (C=O) groups is 1. The number of likely N-dealkylation sites (N-methyl/N-ethyl adjacent to an activating group) is 1. The van der Waals surface area contributed by atoms with Gasteiger partial charge >= 0.3 is 0 Å². The second kappa shape index (κ2) is 7.14. The summed E-state index contributed by atoms with van der Waals surface area (Å²) >= 11 is 0. The lowest BCUT2D eigenvalue weighted by Crippen LogP contribution is -2.17. The molecule has 0 bridgehead atoms. The largest absolute Gasteiger partial charge is 0.346 e. The summed E-state index contributed by atoms with van der Waals surface area (Å²) in [6, 6.07) is 8.04. The van der Waals surface area contributed by atoms with Crippen LogP contribution in [0.3, 0.4) is 0 Å². The molecule has 0 spiro atoms. The minimum atomic E-state index is -0.171. The van der Waals surface area contributed by atoms with Crippen LogP contribution in [-0.2, 0) is 11.3 Å². The molecule has 24 heavy (non-hydrogen) atoms. The van der Waals surface area contributed by atoms with Gasteiger partial charge in [-0.05, 0) is 43.8 Å². The highest BCUT2D eigenvalue weighted by Crippen LogP contribution is 2.20. The highest BCUT2D eigenvalue weighted by molar-refractivity contribution is 6.02. The first-order valence-corrected chi connectivity index (χ1v) is 7.83. The average molecular weight is 323 g/mol. The molecule has 2 N–H and O–H groups in total. The molecular weight excluding hydrogens is 302 g/mol. The number of aromatic amines is 1. The number of hydrogen-bond donors (Lipinski definition) is 2. The number of carbonyl (C=O) groups excluding carboxylic acids is 1. The molecule has 0 atom stereocenters. The number of hydrogen-bond acceptors (Lipinski definition) is 3. The van der Waals surface area contributed by atoms with Crippen molar-refractivity contribution in [3.05, 3.63) is 54.8 Å². The first-order valence-electron chi connectivity index (χ1n) is 7.83. The van der Waals surface area contributed by atoms with Gasteiger partial charge in [0.25, 0.3) is 0 Å². The summed E-state index contributed by atoms with van der Waals surface area (Å²) in [5, 5.41) is 4.06. The zero-order valence-electron chi connectivity index (χ0n) is 13.9. The fourth-order valence-corrected chi connectivity index (χ4v) is 2.47. The quantitative estimate of drug-likeness (QED) is 0.685. The molecule has 0 fully saturated rings. The van der Waals surface area contributed by atoms with E-state index in [-0.39, 0.29) is 5.91 Å². The van der Waals surface area contributed by atoms with Crippen molar-refractivity contribution in [2.75, 3.05) is 26.0 Å². The zero-order chi connectivity index (χ0) is 16.9. The molecule has 6 heteroatoms. The molecule has 2 heterocycles. The van der Waals surface area contributed by atoms with E-state index in [1.54, 1.807) is 18.6 Å². The Kier molecular flexibility index (Phi) is 4.77. The fourth-order valence-electron chi connectivity index (χ4n) is 2.47. The molecule has 2 aromatic heterocycles. The van der Waals surface area contributed by atoms with Gasteiger partial charge in [0.15, 0.2) is 0 Å². The Hall–Kier alpha value is -2.86. The zero-order valence-corrected chi connectivity index (χ0v) is 13.9. The number of imidazole rings is 1. The number of nitrogens with one attached hydrogen (secondary N) is 2. The summed E-state index contributed by atoms with van der Waals surface area (Å²) in [4.78, 5) is 21.0. The molecule has 3 aromatic rings. The van der Waals surface area contributed by atoms with E-state index < -0.39 is 0 Å².